The number of methoxy groups -OCH3 is 1. The molecule has 0 aliphatic carbocycles. The van der Waals surface area contributed by atoms with Crippen LogP contribution in [0.5, 0.6) is 5.75 Å². The van der Waals surface area contributed by atoms with Crippen LogP contribution in [0.25, 0.3) is 0 Å². The Morgan fingerprint density at radius 1 is 1.33 bits per heavy atom. The second-order valence-corrected chi connectivity index (χ2v) is 6.20. The van der Waals surface area contributed by atoms with Gasteiger partial charge in [-0.15, -0.1) is 0 Å². The van der Waals surface area contributed by atoms with Crippen molar-refractivity contribution in [1.82, 2.24) is 9.97 Å². The summed E-state index contributed by atoms with van der Waals surface area (Å²) in [5.74, 6) is 0.169. The Morgan fingerprint density at radius 2 is 2.07 bits per heavy atom. The summed E-state index contributed by atoms with van der Waals surface area (Å²) in [6.07, 6.45) is 1.56. The monoisotopic (exact) mass is 375 g/mol. The average molecular weight is 375 g/mol. The zero-order chi connectivity index (χ0) is 19.4. The van der Waals surface area contributed by atoms with Gasteiger partial charge in [0.05, 0.1) is 26.5 Å². The molecule has 0 spiro atoms. The van der Waals surface area contributed by atoms with Crippen LogP contribution in [0.3, 0.4) is 0 Å². The van der Waals surface area contributed by atoms with Crippen molar-refractivity contribution in [3.8, 4) is 5.75 Å². The molecule has 27 heavy (non-hydrogen) atoms. The number of ether oxygens (including phenoxy) is 2. The molecule has 0 radical (unpaired) electrons. The number of benzene rings is 1. The minimum atomic E-state index is -0.600. The number of nitrogens with one attached hydrogen (secondary N) is 1. The summed E-state index contributed by atoms with van der Waals surface area (Å²) >= 11 is 0. The summed E-state index contributed by atoms with van der Waals surface area (Å²) in [5, 5.41) is 2.75. The van der Waals surface area contributed by atoms with Gasteiger partial charge in [0, 0.05) is 32.7 Å². The lowest BCUT2D eigenvalue weighted by atomic mass is 10.2. The van der Waals surface area contributed by atoms with E-state index in [4.69, 9.17) is 9.47 Å². The van der Waals surface area contributed by atoms with Crippen molar-refractivity contribution in [1.29, 1.82) is 0 Å². The van der Waals surface area contributed by atoms with Crippen LogP contribution in [0.15, 0.2) is 24.4 Å². The van der Waals surface area contributed by atoms with Crippen LogP contribution in [-0.2, 0) is 4.74 Å². The lowest BCUT2D eigenvalue weighted by molar-refractivity contribution is 0.102. The number of carbonyl (C=O) groups is 1. The van der Waals surface area contributed by atoms with Crippen LogP contribution in [0, 0.1) is 5.82 Å². The molecule has 144 valence electrons. The van der Waals surface area contributed by atoms with Crippen molar-refractivity contribution >= 4 is 23.4 Å². The van der Waals surface area contributed by atoms with E-state index in [0.29, 0.717) is 43.8 Å². The first-order valence-electron chi connectivity index (χ1n) is 8.51. The van der Waals surface area contributed by atoms with Gasteiger partial charge in [-0.1, -0.05) is 0 Å². The number of morpholine rings is 1. The minimum Gasteiger partial charge on any atom is -0.494 e. The second kappa shape index (κ2) is 8.17. The smallest absolute Gasteiger partial charge is 0.255 e. The quantitative estimate of drug-likeness (QED) is 0.853. The zero-order valence-corrected chi connectivity index (χ0v) is 15.5. The fourth-order valence-corrected chi connectivity index (χ4v) is 2.71. The summed E-state index contributed by atoms with van der Waals surface area (Å²) in [5.41, 5.74) is 0.619. The first-order chi connectivity index (χ1) is 13.0. The highest BCUT2D eigenvalue weighted by Gasteiger charge is 2.19. The highest BCUT2D eigenvalue weighted by Crippen LogP contribution is 2.25. The third-order valence-corrected chi connectivity index (χ3v) is 4.14. The van der Waals surface area contributed by atoms with Gasteiger partial charge in [-0.05, 0) is 18.2 Å². The van der Waals surface area contributed by atoms with Gasteiger partial charge < -0.3 is 24.6 Å². The van der Waals surface area contributed by atoms with Gasteiger partial charge in [0.25, 0.3) is 5.91 Å². The lowest BCUT2D eigenvalue weighted by Gasteiger charge is -2.28. The predicted octanol–water partition coefficient (Wildman–Crippen LogP) is 1.78. The molecular formula is C18H22FN5O3. The summed E-state index contributed by atoms with van der Waals surface area (Å²) in [6.45, 7) is 2.68. The highest BCUT2D eigenvalue weighted by atomic mass is 19.1. The zero-order valence-electron chi connectivity index (χ0n) is 15.5. The molecule has 1 aromatic carbocycles. The molecular weight excluding hydrogens is 353 g/mol. The minimum absolute atomic E-state index is 0.0822. The van der Waals surface area contributed by atoms with Crippen molar-refractivity contribution in [2.75, 3.05) is 62.6 Å². The molecule has 1 saturated heterocycles. The number of halogens is 1. The van der Waals surface area contributed by atoms with Crippen molar-refractivity contribution in [2.24, 2.45) is 0 Å². The van der Waals surface area contributed by atoms with E-state index in [1.807, 2.05) is 19.0 Å². The Kier molecular flexibility index (Phi) is 5.70. The summed E-state index contributed by atoms with van der Waals surface area (Å²) in [7, 11) is 5.02. The van der Waals surface area contributed by atoms with Crippen molar-refractivity contribution in [3.05, 3.63) is 35.8 Å². The molecule has 0 unspecified atom stereocenters. The normalized spacial score (nSPS) is 14.0. The molecule has 1 fully saturated rings. The van der Waals surface area contributed by atoms with E-state index in [9.17, 15) is 9.18 Å². The Hall–Kier alpha value is -2.94. The van der Waals surface area contributed by atoms with Gasteiger partial charge in [-0.3, -0.25) is 4.79 Å². The molecule has 3 rings (SSSR count). The molecule has 1 aliphatic heterocycles. The maximum absolute atomic E-state index is 13.9. The molecule has 1 amide bonds. The Labute approximate surface area is 156 Å². The molecule has 2 aromatic rings. The third-order valence-electron chi connectivity index (χ3n) is 4.14. The first kappa shape index (κ1) is 18.8. The summed E-state index contributed by atoms with van der Waals surface area (Å²) in [6, 6.07) is 4.04. The lowest BCUT2D eigenvalue weighted by Crippen LogP contribution is -2.37. The van der Waals surface area contributed by atoms with Gasteiger partial charge in [-0.2, -0.15) is 4.98 Å². The van der Waals surface area contributed by atoms with Crippen LogP contribution in [0.2, 0.25) is 0 Å². The van der Waals surface area contributed by atoms with Crippen LogP contribution < -0.4 is 19.9 Å². The van der Waals surface area contributed by atoms with Crippen LogP contribution in [0.1, 0.15) is 10.4 Å². The molecule has 9 heteroatoms. The van der Waals surface area contributed by atoms with Crippen molar-refractivity contribution < 1.29 is 18.7 Å². The van der Waals surface area contributed by atoms with Gasteiger partial charge >= 0.3 is 0 Å². The van der Waals surface area contributed by atoms with Gasteiger partial charge in [0.2, 0.25) is 5.95 Å². The third kappa shape index (κ3) is 4.25. The fourth-order valence-electron chi connectivity index (χ4n) is 2.71. The number of rotatable bonds is 5. The van der Waals surface area contributed by atoms with Gasteiger partial charge in [0.15, 0.2) is 17.4 Å². The van der Waals surface area contributed by atoms with Crippen molar-refractivity contribution in [3.63, 3.8) is 0 Å². The summed E-state index contributed by atoms with van der Waals surface area (Å²) < 4.78 is 24.1. The molecule has 0 bridgehead atoms. The molecule has 0 atom stereocenters. The Morgan fingerprint density at radius 3 is 2.70 bits per heavy atom. The Balaban J connectivity index is 1.83. The maximum Gasteiger partial charge on any atom is 0.255 e. The number of nitrogens with zero attached hydrogens (tertiary/aromatic N) is 4. The fraction of sp³-hybridized carbons (Fsp3) is 0.389. The van der Waals surface area contributed by atoms with E-state index in [-0.39, 0.29) is 11.3 Å². The maximum atomic E-state index is 13.9. The van der Waals surface area contributed by atoms with E-state index in [1.165, 1.54) is 19.2 Å². The number of carbonyl (C=O) groups excluding carboxylic acids is 1. The SMILES string of the molecule is COc1ccc(C(=O)Nc2cnc(N3CCOCC3)nc2N(C)C)cc1F. The van der Waals surface area contributed by atoms with E-state index in [2.05, 4.69) is 15.3 Å². The van der Waals surface area contributed by atoms with Crippen LogP contribution in [0.4, 0.5) is 21.8 Å². The van der Waals surface area contributed by atoms with Crippen LogP contribution >= 0.6 is 0 Å². The predicted molar refractivity (Wildman–Crippen MR) is 100 cm³/mol. The average Bonchev–Trinajstić information content (AvgIpc) is 2.68. The molecule has 1 aliphatic rings. The van der Waals surface area contributed by atoms with Gasteiger partial charge in [-0.25, -0.2) is 9.37 Å². The molecule has 0 saturated carbocycles. The second-order valence-electron chi connectivity index (χ2n) is 6.20. The highest BCUT2D eigenvalue weighted by molar-refractivity contribution is 6.05. The van der Waals surface area contributed by atoms with E-state index < -0.39 is 11.7 Å². The largest absolute Gasteiger partial charge is 0.494 e. The molecule has 1 N–H and O–H groups in total. The van der Waals surface area contributed by atoms with E-state index in [1.54, 1.807) is 11.1 Å². The molecule has 2 heterocycles. The first-order valence-corrected chi connectivity index (χ1v) is 8.51. The van der Waals surface area contributed by atoms with Crippen LogP contribution in [-0.4, -0.2) is 63.4 Å². The number of hydrogen-bond acceptors (Lipinski definition) is 7. The Bertz CT molecular complexity index is 825. The number of hydrogen-bond donors (Lipinski definition) is 1. The van der Waals surface area contributed by atoms with Gasteiger partial charge in [0.1, 0.15) is 5.69 Å². The standard InChI is InChI=1S/C18H22FN5O3/c1-23(2)16-14(11-20-18(22-16)24-6-8-27-9-7-24)21-17(25)12-4-5-15(26-3)13(19)10-12/h4-5,10-11H,6-9H2,1-3H3,(H,21,25). The topological polar surface area (TPSA) is 79.8 Å². The molecule has 1 aromatic heterocycles. The number of aromatic nitrogens is 2. The summed E-state index contributed by atoms with van der Waals surface area (Å²) in [4.78, 5) is 25.2. The van der Waals surface area contributed by atoms with E-state index in [0.717, 1.165) is 6.07 Å². The number of anilines is 3. The molecule has 8 nitrogen and oxygen atoms in total. The van der Waals surface area contributed by atoms with Crippen molar-refractivity contribution in [2.45, 2.75) is 0 Å². The number of amides is 1. The van der Waals surface area contributed by atoms with E-state index >= 15 is 0 Å².